The van der Waals surface area contributed by atoms with Gasteiger partial charge in [-0.25, -0.2) is 0 Å². The summed E-state index contributed by atoms with van der Waals surface area (Å²) in [7, 11) is 3.09. The predicted octanol–water partition coefficient (Wildman–Crippen LogP) is 3.33. The number of aryl methyl sites for hydroxylation is 1. The number of benzene rings is 2. The molecule has 168 valence electrons. The van der Waals surface area contributed by atoms with E-state index >= 15 is 0 Å². The quantitative estimate of drug-likeness (QED) is 0.594. The van der Waals surface area contributed by atoms with E-state index in [-0.39, 0.29) is 18.4 Å². The van der Waals surface area contributed by atoms with Crippen molar-refractivity contribution in [1.82, 2.24) is 10.2 Å². The average molecular weight is 429 g/mol. The number of nitrogens with one attached hydrogen (secondary N) is 1. The van der Waals surface area contributed by atoms with E-state index in [4.69, 9.17) is 14.2 Å². The fourth-order valence-electron chi connectivity index (χ4n) is 2.96. The molecular formula is C24H32N2O5. The predicted molar refractivity (Wildman–Crippen MR) is 120 cm³/mol. The smallest absolute Gasteiger partial charge is 0.261 e. The second-order valence-electron chi connectivity index (χ2n) is 7.31. The van der Waals surface area contributed by atoms with Crippen LogP contribution in [0.2, 0.25) is 0 Å². The van der Waals surface area contributed by atoms with Gasteiger partial charge in [0.2, 0.25) is 5.91 Å². The molecule has 2 aromatic carbocycles. The van der Waals surface area contributed by atoms with Crippen LogP contribution in [0.4, 0.5) is 0 Å². The second kappa shape index (κ2) is 11.8. The average Bonchev–Trinajstić information content (AvgIpc) is 2.79. The monoisotopic (exact) mass is 428 g/mol. The fourth-order valence-corrected chi connectivity index (χ4v) is 2.96. The number of carbonyl (C=O) groups is 2. The first-order valence-electron chi connectivity index (χ1n) is 10.4. The third kappa shape index (κ3) is 7.20. The van der Waals surface area contributed by atoms with Crippen molar-refractivity contribution in [2.45, 2.75) is 39.8 Å². The summed E-state index contributed by atoms with van der Waals surface area (Å²) >= 11 is 0. The fraction of sp³-hybridized carbons (Fsp3) is 0.417. The Morgan fingerprint density at radius 3 is 2.13 bits per heavy atom. The van der Waals surface area contributed by atoms with Crippen LogP contribution < -0.4 is 19.5 Å². The number of amides is 2. The molecule has 0 heterocycles. The van der Waals surface area contributed by atoms with Crippen molar-refractivity contribution < 1.29 is 23.8 Å². The standard InChI is InChI=1S/C24H32N2O5/c1-6-11-25-24(28)18(3)26(15-19-9-7-17(2)8-10-19)23(27)16-31-22-13-20(29-4)12-21(14-22)30-5/h7-10,12-14,18H,6,11,15-16H2,1-5H3,(H,25,28). The molecule has 0 radical (unpaired) electrons. The number of ether oxygens (including phenoxy) is 3. The van der Waals surface area contributed by atoms with Crippen molar-refractivity contribution in [3.05, 3.63) is 53.6 Å². The molecule has 0 bridgehead atoms. The van der Waals surface area contributed by atoms with Crippen LogP contribution in [0.5, 0.6) is 17.2 Å². The molecule has 0 aromatic heterocycles. The summed E-state index contributed by atoms with van der Waals surface area (Å²) in [5.41, 5.74) is 2.07. The molecule has 7 nitrogen and oxygen atoms in total. The first-order chi connectivity index (χ1) is 14.9. The molecule has 1 N–H and O–H groups in total. The van der Waals surface area contributed by atoms with Gasteiger partial charge in [-0.2, -0.15) is 0 Å². The molecule has 1 unspecified atom stereocenters. The Hall–Kier alpha value is -3.22. The number of nitrogens with zero attached hydrogens (tertiary/aromatic N) is 1. The van der Waals surface area contributed by atoms with E-state index in [9.17, 15) is 9.59 Å². The summed E-state index contributed by atoms with van der Waals surface area (Å²) in [6, 6.07) is 12.3. The van der Waals surface area contributed by atoms with E-state index in [1.807, 2.05) is 38.1 Å². The van der Waals surface area contributed by atoms with Crippen molar-refractivity contribution >= 4 is 11.8 Å². The van der Waals surface area contributed by atoms with Crippen molar-refractivity contribution in [2.75, 3.05) is 27.4 Å². The van der Waals surface area contributed by atoms with Gasteiger partial charge in [-0.1, -0.05) is 36.8 Å². The maximum atomic E-state index is 13.1. The van der Waals surface area contributed by atoms with Crippen molar-refractivity contribution in [3.63, 3.8) is 0 Å². The van der Waals surface area contributed by atoms with E-state index < -0.39 is 6.04 Å². The summed E-state index contributed by atoms with van der Waals surface area (Å²) < 4.78 is 16.2. The van der Waals surface area contributed by atoms with Crippen LogP contribution in [0.3, 0.4) is 0 Å². The van der Waals surface area contributed by atoms with Gasteiger partial charge >= 0.3 is 0 Å². The Bertz CT molecular complexity index is 845. The van der Waals surface area contributed by atoms with Crippen molar-refractivity contribution in [2.24, 2.45) is 0 Å². The molecule has 7 heteroatoms. The molecule has 0 fully saturated rings. The first-order valence-corrected chi connectivity index (χ1v) is 10.4. The van der Waals surface area contributed by atoms with E-state index in [0.29, 0.717) is 30.3 Å². The summed E-state index contributed by atoms with van der Waals surface area (Å²) in [6.45, 7) is 6.37. The van der Waals surface area contributed by atoms with Gasteiger partial charge in [-0.15, -0.1) is 0 Å². The maximum Gasteiger partial charge on any atom is 0.261 e. The zero-order valence-corrected chi connectivity index (χ0v) is 18.9. The van der Waals surface area contributed by atoms with Gasteiger partial charge in [-0.3, -0.25) is 9.59 Å². The van der Waals surface area contributed by atoms with E-state index in [0.717, 1.165) is 17.5 Å². The SMILES string of the molecule is CCCNC(=O)C(C)N(Cc1ccc(C)cc1)C(=O)COc1cc(OC)cc(OC)c1. The third-order valence-electron chi connectivity index (χ3n) is 4.88. The van der Waals surface area contributed by atoms with E-state index in [2.05, 4.69) is 5.32 Å². The minimum absolute atomic E-state index is 0.189. The Morgan fingerprint density at radius 1 is 1.00 bits per heavy atom. The highest BCUT2D eigenvalue weighted by Gasteiger charge is 2.26. The Labute approximate surface area is 184 Å². The topological polar surface area (TPSA) is 77.1 Å². The van der Waals surface area contributed by atoms with Crippen LogP contribution in [-0.4, -0.2) is 50.1 Å². The largest absolute Gasteiger partial charge is 0.496 e. The van der Waals surface area contributed by atoms with Crippen LogP contribution in [0.15, 0.2) is 42.5 Å². The van der Waals surface area contributed by atoms with Gasteiger partial charge < -0.3 is 24.4 Å². The van der Waals surface area contributed by atoms with Crippen molar-refractivity contribution in [3.8, 4) is 17.2 Å². The third-order valence-corrected chi connectivity index (χ3v) is 4.88. The summed E-state index contributed by atoms with van der Waals surface area (Å²) in [5, 5.41) is 2.86. The zero-order chi connectivity index (χ0) is 22.8. The highest BCUT2D eigenvalue weighted by molar-refractivity contribution is 5.87. The Morgan fingerprint density at radius 2 is 1.58 bits per heavy atom. The summed E-state index contributed by atoms with van der Waals surface area (Å²) in [5.74, 6) is 1.09. The molecule has 2 aromatic rings. The number of hydrogen-bond acceptors (Lipinski definition) is 5. The van der Waals surface area contributed by atoms with E-state index in [1.165, 1.54) is 4.90 Å². The number of hydrogen-bond donors (Lipinski definition) is 1. The molecule has 2 rings (SSSR count). The highest BCUT2D eigenvalue weighted by atomic mass is 16.5. The summed E-state index contributed by atoms with van der Waals surface area (Å²) in [6.07, 6.45) is 0.825. The van der Waals surface area contributed by atoms with Gasteiger partial charge in [0, 0.05) is 31.3 Å². The molecule has 31 heavy (non-hydrogen) atoms. The van der Waals surface area contributed by atoms with Crippen LogP contribution >= 0.6 is 0 Å². The number of carbonyl (C=O) groups excluding carboxylic acids is 2. The highest BCUT2D eigenvalue weighted by Crippen LogP contribution is 2.27. The Balaban J connectivity index is 2.16. The first kappa shape index (κ1) is 24.1. The molecular weight excluding hydrogens is 396 g/mol. The lowest BCUT2D eigenvalue weighted by molar-refractivity contribution is -0.142. The molecule has 2 amide bonds. The van der Waals surface area contributed by atoms with Crippen LogP contribution in [-0.2, 0) is 16.1 Å². The summed E-state index contributed by atoms with van der Waals surface area (Å²) in [4.78, 5) is 27.2. The molecule has 0 aliphatic heterocycles. The van der Waals surface area contributed by atoms with E-state index in [1.54, 1.807) is 39.3 Å². The molecule has 0 aliphatic rings. The lowest BCUT2D eigenvalue weighted by Gasteiger charge is -2.28. The number of rotatable bonds is 11. The molecule has 1 atom stereocenters. The molecule has 0 spiro atoms. The van der Waals surface area contributed by atoms with Crippen LogP contribution in [0.25, 0.3) is 0 Å². The van der Waals surface area contributed by atoms with Gasteiger partial charge in [-0.05, 0) is 25.8 Å². The molecule has 0 aliphatic carbocycles. The van der Waals surface area contributed by atoms with Gasteiger partial charge in [0.05, 0.1) is 14.2 Å². The second-order valence-corrected chi connectivity index (χ2v) is 7.31. The van der Waals surface area contributed by atoms with Crippen LogP contribution in [0.1, 0.15) is 31.4 Å². The normalized spacial score (nSPS) is 11.4. The van der Waals surface area contributed by atoms with Gasteiger partial charge in [0.1, 0.15) is 23.3 Å². The minimum Gasteiger partial charge on any atom is -0.496 e. The van der Waals surface area contributed by atoms with Gasteiger partial charge in [0.25, 0.3) is 5.91 Å². The molecule has 0 saturated heterocycles. The maximum absolute atomic E-state index is 13.1. The Kier molecular flexibility index (Phi) is 9.18. The molecule has 0 saturated carbocycles. The van der Waals surface area contributed by atoms with Gasteiger partial charge in [0.15, 0.2) is 6.61 Å². The van der Waals surface area contributed by atoms with Crippen LogP contribution in [0, 0.1) is 6.92 Å². The zero-order valence-electron chi connectivity index (χ0n) is 18.9. The lowest BCUT2D eigenvalue weighted by Crippen LogP contribution is -2.49. The minimum atomic E-state index is -0.635. The number of methoxy groups -OCH3 is 2. The van der Waals surface area contributed by atoms with Crippen molar-refractivity contribution in [1.29, 1.82) is 0 Å². The lowest BCUT2D eigenvalue weighted by atomic mass is 10.1.